The molecule has 2 aromatic carbocycles. The lowest BCUT2D eigenvalue weighted by atomic mass is 9.98. The second-order valence-electron chi connectivity index (χ2n) is 6.59. The normalized spacial score (nSPS) is 29.3. The Morgan fingerprint density at radius 3 is 2.11 bits per heavy atom. The van der Waals surface area contributed by atoms with Gasteiger partial charge in [0.05, 0.1) is 19.8 Å². The zero-order valence-corrected chi connectivity index (χ0v) is 14.8. The lowest BCUT2D eigenvalue weighted by Crippen LogP contribution is -2.55. The molecule has 2 saturated heterocycles. The predicted octanol–water partition coefficient (Wildman–Crippen LogP) is 3.59. The Hall–Kier alpha value is -2.41. The fourth-order valence-electron chi connectivity index (χ4n) is 3.46. The maximum Gasteiger partial charge on any atom is 0.169 e. The van der Waals surface area contributed by atoms with Gasteiger partial charge < -0.3 is 18.9 Å². The van der Waals surface area contributed by atoms with E-state index in [1.807, 2.05) is 60.7 Å². The first-order chi connectivity index (χ1) is 13.3. The van der Waals surface area contributed by atoms with Crippen LogP contribution >= 0.6 is 0 Å². The van der Waals surface area contributed by atoms with Gasteiger partial charge in [-0.25, -0.2) is 0 Å². The summed E-state index contributed by atoms with van der Waals surface area (Å²) in [4.78, 5) is 2.96. The summed E-state index contributed by atoms with van der Waals surface area (Å²) < 4.78 is 23.8. The molecule has 0 N–H and O–H groups in total. The summed E-state index contributed by atoms with van der Waals surface area (Å²) in [7, 11) is 0. The van der Waals surface area contributed by atoms with Crippen molar-refractivity contribution in [2.45, 2.75) is 43.9 Å². The third kappa shape index (κ3) is 4.13. The van der Waals surface area contributed by atoms with Crippen LogP contribution in [0.2, 0.25) is 0 Å². The molecule has 2 aromatic rings. The first-order valence-corrected chi connectivity index (χ1v) is 8.97. The number of azide groups is 1. The van der Waals surface area contributed by atoms with E-state index in [2.05, 4.69) is 10.0 Å². The number of hydrogen-bond acceptors (Lipinski definition) is 5. The molecule has 0 radical (unpaired) electrons. The molecule has 2 aliphatic heterocycles. The molecular weight excluding hydrogens is 346 g/mol. The molecule has 3 unspecified atom stereocenters. The fourth-order valence-corrected chi connectivity index (χ4v) is 3.46. The Kier molecular flexibility index (Phi) is 5.67. The monoisotopic (exact) mass is 367 g/mol. The van der Waals surface area contributed by atoms with Crippen LogP contribution in [0.1, 0.15) is 11.1 Å². The maximum atomic E-state index is 8.99. The minimum atomic E-state index is -0.599. The van der Waals surface area contributed by atoms with Crippen LogP contribution in [0.4, 0.5) is 0 Å². The topological polar surface area (TPSA) is 85.7 Å². The highest BCUT2D eigenvalue weighted by molar-refractivity contribution is 5.15. The quantitative estimate of drug-likeness (QED) is 0.425. The minimum Gasteiger partial charge on any atom is -0.370 e. The lowest BCUT2D eigenvalue weighted by molar-refractivity contribution is -0.211. The van der Waals surface area contributed by atoms with Crippen LogP contribution in [-0.2, 0) is 32.2 Å². The van der Waals surface area contributed by atoms with E-state index in [9.17, 15) is 0 Å². The molecule has 27 heavy (non-hydrogen) atoms. The van der Waals surface area contributed by atoms with Gasteiger partial charge in [0.2, 0.25) is 0 Å². The summed E-state index contributed by atoms with van der Waals surface area (Å²) in [6, 6.07) is 19.2. The third-order valence-electron chi connectivity index (χ3n) is 4.79. The average molecular weight is 367 g/mol. The van der Waals surface area contributed by atoms with E-state index >= 15 is 0 Å². The van der Waals surface area contributed by atoms with Gasteiger partial charge in [0, 0.05) is 4.91 Å². The van der Waals surface area contributed by atoms with E-state index in [-0.39, 0.29) is 12.2 Å². The van der Waals surface area contributed by atoms with Gasteiger partial charge in [0.1, 0.15) is 24.4 Å². The van der Waals surface area contributed by atoms with Gasteiger partial charge >= 0.3 is 0 Å². The van der Waals surface area contributed by atoms with Crippen molar-refractivity contribution in [3.63, 3.8) is 0 Å². The van der Waals surface area contributed by atoms with Crippen LogP contribution in [0.15, 0.2) is 65.8 Å². The molecule has 2 aliphatic rings. The molecule has 2 heterocycles. The second-order valence-corrected chi connectivity index (χ2v) is 6.59. The van der Waals surface area contributed by atoms with E-state index in [0.717, 1.165) is 11.1 Å². The summed E-state index contributed by atoms with van der Waals surface area (Å²) in [6.07, 6.45) is -1.67. The van der Waals surface area contributed by atoms with Gasteiger partial charge in [-0.2, -0.15) is 0 Å². The smallest absolute Gasteiger partial charge is 0.169 e. The lowest BCUT2D eigenvalue weighted by Gasteiger charge is -2.38. The van der Waals surface area contributed by atoms with E-state index in [1.54, 1.807) is 0 Å². The van der Waals surface area contributed by atoms with Crippen molar-refractivity contribution in [1.29, 1.82) is 0 Å². The molecule has 0 aliphatic carbocycles. The molecule has 2 fully saturated rings. The number of ether oxygens (including phenoxy) is 4. The van der Waals surface area contributed by atoms with E-state index in [0.29, 0.717) is 19.8 Å². The molecule has 140 valence electrons. The first kappa shape index (κ1) is 18.0. The number of rotatable bonds is 7. The van der Waals surface area contributed by atoms with Crippen molar-refractivity contribution in [2.24, 2.45) is 5.11 Å². The standard InChI is InChI=1S/C20H21N3O4/c21-23-22-17-19(25-12-15-9-5-2-6-10-15)18(16-13-26-20(17)27-16)24-11-14-7-3-1-4-8-14/h1-10,16-20H,11-13H2/t16?,17?,18?,19-,20+/m0/s1. The summed E-state index contributed by atoms with van der Waals surface area (Å²) in [5, 5.41) is 3.89. The number of hydrogen-bond donors (Lipinski definition) is 0. The molecule has 4 rings (SSSR count). The second kappa shape index (κ2) is 8.52. The average Bonchev–Trinajstić information content (AvgIpc) is 3.15. The first-order valence-electron chi connectivity index (χ1n) is 8.97. The highest BCUT2D eigenvalue weighted by Gasteiger charge is 2.51. The highest BCUT2D eigenvalue weighted by atomic mass is 16.7. The van der Waals surface area contributed by atoms with Gasteiger partial charge in [0.15, 0.2) is 6.29 Å². The van der Waals surface area contributed by atoms with Crippen molar-refractivity contribution in [1.82, 2.24) is 0 Å². The number of nitrogens with zero attached hydrogens (tertiary/aromatic N) is 3. The van der Waals surface area contributed by atoms with Crippen molar-refractivity contribution in [3.05, 3.63) is 82.2 Å². The Morgan fingerprint density at radius 2 is 1.52 bits per heavy atom. The number of benzene rings is 2. The van der Waals surface area contributed by atoms with Gasteiger partial charge in [-0.15, -0.1) is 0 Å². The van der Waals surface area contributed by atoms with Crippen molar-refractivity contribution in [2.75, 3.05) is 6.61 Å². The fraction of sp³-hybridized carbons (Fsp3) is 0.400. The molecule has 5 atom stereocenters. The largest absolute Gasteiger partial charge is 0.370 e. The molecule has 0 spiro atoms. The Balaban J connectivity index is 1.52. The van der Waals surface area contributed by atoms with E-state index < -0.39 is 18.4 Å². The van der Waals surface area contributed by atoms with Gasteiger partial charge in [-0.1, -0.05) is 65.8 Å². The van der Waals surface area contributed by atoms with Crippen molar-refractivity contribution < 1.29 is 18.9 Å². The summed E-state index contributed by atoms with van der Waals surface area (Å²) in [6.45, 7) is 1.21. The highest BCUT2D eigenvalue weighted by Crippen LogP contribution is 2.34. The zero-order valence-electron chi connectivity index (χ0n) is 14.8. The van der Waals surface area contributed by atoms with Crippen LogP contribution in [0.25, 0.3) is 10.4 Å². The van der Waals surface area contributed by atoms with Crippen LogP contribution in [0.3, 0.4) is 0 Å². The van der Waals surface area contributed by atoms with Crippen LogP contribution in [-0.4, -0.2) is 37.3 Å². The van der Waals surface area contributed by atoms with Crippen molar-refractivity contribution >= 4 is 0 Å². The molecule has 0 aromatic heterocycles. The Morgan fingerprint density at radius 1 is 0.926 bits per heavy atom. The minimum absolute atomic E-state index is 0.246. The summed E-state index contributed by atoms with van der Waals surface area (Å²) in [5.74, 6) is 0. The van der Waals surface area contributed by atoms with Gasteiger partial charge in [-0.3, -0.25) is 0 Å². The molecule has 2 bridgehead atoms. The van der Waals surface area contributed by atoms with Crippen LogP contribution < -0.4 is 0 Å². The van der Waals surface area contributed by atoms with Crippen LogP contribution in [0, 0.1) is 0 Å². The van der Waals surface area contributed by atoms with Crippen molar-refractivity contribution in [3.8, 4) is 0 Å². The number of fused-ring (bicyclic) bond motifs is 2. The van der Waals surface area contributed by atoms with Gasteiger partial charge in [0.25, 0.3) is 0 Å². The molecule has 7 heteroatoms. The molecule has 0 saturated carbocycles. The maximum absolute atomic E-state index is 8.99. The molecule has 0 amide bonds. The summed E-state index contributed by atoms with van der Waals surface area (Å²) >= 11 is 0. The Labute approximate surface area is 157 Å². The molecule has 7 nitrogen and oxygen atoms in total. The molecular formula is C20H21N3O4. The third-order valence-corrected chi connectivity index (χ3v) is 4.79. The zero-order chi connectivity index (χ0) is 18.5. The SMILES string of the molecule is [N-]=[N+]=NC1[C@@H]2OCC(O2)C(OCc2ccccc2)[C@H]1OCc1ccccc1. The van der Waals surface area contributed by atoms with E-state index in [4.69, 9.17) is 24.5 Å². The van der Waals surface area contributed by atoms with E-state index in [1.165, 1.54) is 0 Å². The Bertz CT molecular complexity index is 782. The van der Waals surface area contributed by atoms with Gasteiger partial charge in [-0.05, 0) is 16.7 Å². The summed E-state index contributed by atoms with van der Waals surface area (Å²) in [5.41, 5.74) is 11.1. The predicted molar refractivity (Wildman–Crippen MR) is 97.6 cm³/mol. The van der Waals surface area contributed by atoms with Crippen LogP contribution in [0.5, 0.6) is 0 Å².